The van der Waals surface area contributed by atoms with E-state index in [1.54, 1.807) is 35.3 Å². The Balaban J connectivity index is 2.32. The lowest BCUT2D eigenvalue weighted by Crippen LogP contribution is -1.93. The first-order chi connectivity index (χ1) is 7.79. The fourth-order valence-electron chi connectivity index (χ4n) is 1.32. The number of allylic oxidation sites excluding steroid dienone is 1. The number of hydrogen-bond donors (Lipinski definition) is 0. The molecule has 0 bridgehead atoms. The zero-order valence-corrected chi connectivity index (χ0v) is 8.34. The number of rotatable bonds is 2. The van der Waals surface area contributed by atoms with Gasteiger partial charge in [0.1, 0.15) is 5.82 Å². The number of aromatic nitrogens is 2. The lowest BCUT2D eigenvalue weighted by Gasteiger charge is -1.99. The van der Waals surface area contributed by atoms with Crippen LogP contribution in [0.25, 0.3) is 11.8 Å². The Labute approximate surface area is 92.1 Å². The second-order valence-corrected chi connectivity index (χ2v) is 3.16. The molecule has 0 radical (unpaired) electrons. The molecular formula is C12H8FN3. The van der Waals surface area contributed by atoms with Gasteiger partial charge in [-0.2, -0.15) is 10.4 Å². The van der Waals surface area contributed by atoms with Crippen LogP contribution in [0.1, 0.15) is 5.56 Å². The molecule has 0 aliphatic carbocycles. The smallest absolute Gasteiger partial charge is 0.125 e. The molecule has 16 heavy (non-hydrogen) atoms. The van der Waals surface area contributed by atoms with Crippen LogP contribution >= 0.6 is 0 Å². The van der Waals surface area contributed by atoms with Gasteiger partial charge in [0.2, 0.25) is 0 Å². The summed E-state index contributed by atoms with van der Waals surface area (Å²) in [4.78, 5) is 0. The van der Waals surface area contributed by atoms with Gasteiger partial charge in [-0.3, -0.25) is 0 Å². The Morgan fingerprint density at radius 2 is 2.31 bits per heavy atom. The van der Waals surface area contributed by atoms with Gasteiger partial charge in [-0.1, -0.05) is 6.07 Å². The molecule has 2 aromatic rings. The van der Waals surface area contributed by atoms with Gasteiger partial charge in [-0.25, -0.2) is 9.07 Å². The average Bonchev–Trinajstić information content (AvgIpc) is 2.75. The quantitative estimate of drug-likeness (QED) is 0.719. The van der Waals surface area contributed by atoms with Crippen molar-refractivity contribution in [1.29, 1.82) is 5.26 Å². The fraction of sp³-hybridized carbons (Fsp3) is 0. The third-order valence-electron chi connectivity index (χ3n) is 2.03. The van der Waals surface area contributed by atoms with Gasteiger partial charge in [0, 0.05) is 17.8 Å². The van der Waals surface area contributed by atoms with Gasteiger partial charge >= 0.3 is 0 Å². The van der Waals surface area contributed by atoms with Crippen LogP contribution in [0.2, 0.25) is 0 Å². The standard InChI is InChI=1S/C12H8FN3/c13-11-4-1-5-12(7-11)16-9-10(8-15-16)3-2-6-14/h1-5,7-9H. The molecule has 1 heterocycles. The van der Waals surface area contributed by atoms with Crippen LogP contribution in [-0.2, 0) is 0 Å². The average molecular weight is 213 g/mol. The second kappa shape index (κ2) is 4.41. The van der Waals surface area contributed by atoms with Crippen molar-refractivity contribution in [2.75, 3.05) is 0 Å². The summed E-state index contributed by atoms with van der Waals surface area (Å²) in [6.07, 6.45) is 6.34. The van der Waals surface area contributed by atoms with E-state index in [-0.39, 0.29) is 5.82 Å². The number of nitrogens with zero attached hydrogens (tertiary/aromatic N) is 3. The van der Waals surface area contributed by atoms with Crippen molar-refractivity contribution in [3.05, 3.63) is 54.1 Å². The number of hydrogen-bond acceptors (Lipinski definition) is 2. The monoisotopic (exact) mass is 213 g/mol. The Morgan fingerprint density at radius 3 is 3.06 bits per heavy atom. The minimum atomic E-state index is -0.304. The lowest BCUT2D eigenvalue weighted by molar-refractivity contribution is 0.625. The number of halogens is 1. The largest absolute Gasteiger partial charge is 0.240 e. The molecule has 4 heteroatoms. The van der Waals surface area contributed by atoms with E-state index in [1.165, 1.54) is 18.2 Å². The van der Waals surface area contributed by atoms with E-state index in [4.69, 9.17) is 5.26 Å². The maximum Gasteiger partial charge on any atom is 0.125 e. The molecule has 0 N–H and O–H groups in total. The predicted octanol–water partition coefficient (Wildman–Crippen LogP) is 2.55. The highest BCUT2D eigenvalue weighted by atomic mass is 19.1. The summed E-state index contributed by atoms with van der Waals surface area (Å²) in [7, 11) is 0. The lowest BCUT2D eigenvalue weighted by atomic mass is 10.3. The minimum absolute atomic E-state index is 0.304. The summed E-state index contributed by atoms with van der Waals surface area (Å²) in [5, 5.41) is 12.4. The summed E-state index contributed by atoms with van der Waals surface area (Å²) < 4.78 is 14.5. The van der Waals surface area contributed by atoms with E-state index in [9.17, 15) is 4.39 Å². The maximum absolute atomic E-state index is 13.0. The highest BCUT2D eigenvalue weighted by Gasteiger charge is 1.99. The van der Waals surface area contributed by atoms with Crippen molar-refractivity contribution in [2.45, 2.75) is 0 Å². The van der Waals surface area contributed by atoms with E-state index in [0.29, 0.717) is 5.69 Å². The predicted molar refractivity (Wildman–Crippen MR) is 58.2 cm³/mol. The second-order valence-electron chi connectivity index (χ2n) is 3.16. The molecule has 1 aromatic heterocycles. The molecule has 1 aromatic carbocycles. The zero-order valence-electron chi connectivity index (χ0n) is 8.34. The molecule has 0 aliphatic rings. The van der Waals surface area contributed by atoms with Gasteiger partial charge in [0.15, 0.2) is 0 Å². The summed E-state index contributed by atoms with van der Waals surface area (Å²) in [5.74, 6) is -0.304. The highest BCUT2D eigenvalue weighted by molar-refractivity contribution is 5.50. The van der Waals surface area contributed by atoms with Gasteiger partial charge in [0.05, 0.1) is 18.0 Å². The minimum Gasteiger partial charge on any atom is -0.240 e. The van der Waals surface area contributed by atoms with Gasteiger partial charge in [-0.05, 0) is 24.3 Å². The summed E-state index contributed by atoms with van der Waals surface area (Å²) in [6, 6.07) is 8.05. The number of benzene rings is 1. The topological polar surface area (TPSA) is 41.6 Å². The highest BCUT2D eigenvalue weighted by Crippen LogP contribution is 2.10. The van der Waals surface area contributed by atoms with Crippen LogP contribution in [0, 0.1) is 17.1 Å². The molecule has 0 amide bonds. The van der Waals surface area contributed by atoms with E-state index in [2.05, 4.69) is 5.10 Å². The van der Waals surface area contributed by atoms with Crippen LogP contribution in [0.5, 0.6) is 0 Å². The zero-order chi connectivity index (χ0) is 11.4. The van der Waals surface area contributed by atoms with Crippen molar-refractivity contribution >= 4 is 6.08 Å². The van der Waals surface area contributed by atoms with Crippen molar-refractivity contribution in [3.8, 4) is 11.8 Å². The van der Waals surface area contributed by atoms with Gasteiger partial charge < -0.3 is 0 Å². The number of nitriles is 1. The van der Waals surface area contributed by atoms with E-state index < -0.39 is 0 Å². The molecule has 0 aliphatic heterocycles. The molecule has 3 nitrogen and oxygen atoms in total. The summed E-state index contributed by atoms with van der Waals surface area (Å²) in [5.41, 5.74) is 1.45. The molecule has 0 saturated carbocycles. The summed E-state index contributed by atoms with van der Waals surface area (Å²) >= 11 is 0. The summed E-state index contributed by atoms with van der Waals surface area (Å²) in [6.45, 7) is 0. The van der Waals surface area contributed by atoms with Crippen LogP contribution in [0.4, 0.5) is 4.39 Å². The fourth-order valence-corrected chi connectivity index (χ4v) is 1.32. The maximum atomic E-state index is 13.0. The Morgan fingerprint density at radius 1 is 1.44 bits per heavy atom. The van der Waals surface area contributed by atoms with Crippen LogP contribution in [0.15, 0.2) is 42.7 Å². The van der Waals surface area contributed by atoms with Crippen LogP contribution < -0.4 is 0 Å². The van der Waals surface area contributed by atoms with E-state index in [1.807, 2.05) is 6.07 Å². The third-order valence-corrected chi connectivity index (χ3v) is 2.03. The van der Waals surface area contributed by atoms with Gasteiger partial charge in [-0.15, -0.1) is 0 Å². The first-order valence-electron chi connectivity index (χ1n) is 4.66. The molecule has 0 fully saturated rings. The SMILES string of the molecule is N#CC=Cc1cnn(-c2cccc(F)c2)c1. The first kappa shape index (κ1) is 10.1. The molecule has 0 atom stereocenters. The third kappa shape index (κ3) is 2.15. The van der Waals surface area contributed by atoms with E-state index in [0.717, 1.165) is 5.56 Å². The van der Waals surface area contributed by atoms with Crippen molar-refractivity contribution in [3.63, 3.8) is 0 Å². The molecule has 0 saturated heterocycles. The van der Waals surface area contributed by atoms with Crippen molar-refractivity contribution in [1.82, 2.24) is 9.78 Å². The molecule has 78 valence electrons. The van der Waals surface area contributed by atoms with Crippen molar-refractivity contribution in [2.24, 2.45) is 0 Å². The Kier molecular flexibility index (Phi) is 2.79. The normalized spacial score (nSPS) is 10.5. The Bertz CT molecular complexity index is 564. The molecule has 0 spiro atoms. The van der Waals surface area contributed by atoms with Crippen LogP contribution in [-0.4, -0.2) is 9.78 Å². The van der Waals surface area contributed by atoms with Gasteiger partial charge in [0.25, 0.3) is 0 Å². The van der Waals surface area contributed by atoms with Crippen molar-refractivity contribution < 1.29 is 4.39 Å². The molecule has 0 unspecified atom stereocenters. The molecular weight excluding hydrogens is 205 g/mol. The first-order valence-corrected chi connectivity index (χ1v) is 4.66. The molecule has 2 rings (SSSR count). The Hall–Kier alpha value is -2.41. The van der Waals surface area contributed by atoms with Crippen LogP contribution in [0.3, 0.4) is 0 Å². The van der Waals surface area contributed by atoms with E-state index >= 15 is 0 Å².